The van der Waals surface area contributed by atoms with Crippen LogP contribution < -0.4 is 9.80 Å². The van der Waals surface area contributed by atoms with Crippen molar-refractivity contribution in [2.45, 2.75) is 70.6 Å². The van der Waals surface area contributed by atoms with E-state index in [1.165, 1.54) is 6.07 Å². The lowest BCUT2D eigenvalue weighted by Gasteiger charge is -2.39. The summed E-state index contributed by atoms with van der Waals surface area (Å²) in [6, 6.07) is 11.6. The number of rotatable bonds is 6. The van der Waals surface area contributed by atoms with E-state index in [9.17, 15) is 4.39 Å². The standard InChI is InChI=1S/C23H25N7S.C22H25FN6S/c1-14-12-30-13-16(9-19(24-3)22(30)26-14)18-10-21-20(11-25-18)27-23(31-21)29(5)17-6-7-28(4)15(2)8-17;1-13-7-16(5-6-27(13)2)29(4)22-25-19-11-24-18(10-20(19)30-22)14-8-15-12-28(3)26-21(15)17(23)9-14/h9-13,15,17H,6-8H2,1-2,4-5H3;8-13,16H,5-7H2,1-4H3. The number of thiazole rings is 2. The molecule has 1 aromatic carbocycles. The molecule has 2 fully saturated rings. The molecule has 0 bridgehead atoms. The third kappa shape index (κ3) is 8.03. The first-order valence-electron chi connectivity index (χ1n) is 20.7. The summed E-state index contributed by atoms with van der Waals surface area (Å²) in [4.78, 5) is 36.5. The highest BCUT2D eigenvalue weighted by molar-refractivity contribution is 7.22. The molecule has 8 aromatic rings. The van der Waals surface area contributed by atoms with Crippen molar-refractivity contribution in [3.63, 3.8) is 0 Å². The fourth-order valence-electron chi connectivity index (χ4n) is 8.59. The molecule has 2 saturated heterocycles. The molecule has 2 aliphatic rings. The largest absolute Gasteiger partial charge is 0.348 e. The van der Waals surface area contributed by atoms with Crippen LogP contribution in [0.2, 0.25) is 0 Å². The second-order valence-corrected chi connectivity index (χ2v) is 18.9. The number of piperidine rings is 2. The van der Waals surface area contributed by atoms with Crippen molar-refractivity contribution in [2.24, 2.45) is 7.05 Å². The van der Waals surface area contributed by atoms with Gasteiger partial charge in [-0.25, -0.2) is 24.2 Å². The Morgan fingerprint density at radius 1 is 0.754 bits per heavy atom. The SMILES string of the molecule is CC1CC(N(C)c2nc3cnc(-c4cc(F)c5nn(C)cc5c4)cc3s2)CCN1C.[C-]#[N+]c1cc(-c2cc3sc(N(C)C4CCN(C)C(C)C4)nc3cn2)cn2cc(C)nc12. The van der Waals surface area contributed by atoms with Crippen molar-refractivity contribution in [1.29, 1.82) is 0 Å². The number of fused-ring (bicyclic) bond motifs is 4. The lowest BCUT2D eigenvalue weighted by atomic mass is 9.98. The van der Waals surface area contributed by atoms with Gasteiger partial charge in [-0.2, -0.15) is 5.10 Å². The van der Waals surface area contributed by atoms with E-state index in [4.69, 9.17) is 16.5 Å². The number of nitrogens with zero attached hydrogens (tertiary/aromatic N) is 13. The highest BCUT2D eigenvalue weighted by Crippen LogP contribution is 2.36. The third-order valence-corrected chi connectivity index (χ3v) is 14.8. The Hall–Kier alpha value is -5.60. The molecule has 0 saturated carbocycles. The number of halogens is 1. The summed E-state index contributed by atoms with van der Waals surface area (Å²) in [6.45, 7) is 16.3. The zero-order valence-corrected chi connectivity index (χ0v) is 37.5. The third-order valence-electron chi connectivity index (χ3n) is 12.6. The minimum Gasteiger partial charge on any atom is -0.348 e. The van der Waals surface area contributed by atoms with Crippen LogP contribution in [0.1, 0.15) is 45.2 Å². The summed E-state index contributed by atoms with van der Waals surface area (Å²) < 4.78 is 20.2. The summed E-state index contributed by atoms with van der Waals surface area (Å²) in [5.74, 6) is -0.328. The van der Waals surface area contributed by atoms with Gasteiger partial charge in [0.05, 0.1) is 45.4 Å². The molecule has 9 heterocycles. The molecule has 4 atom stereocenters. The van der Waals surface area contributed by atoms with Crippen molar-refractivity contribution in [3.8, 4) is 22.5 Å². The molecule has 4 unspecified atom stereocenters. The van der Waals surface area contributed by atoms with Crippen LogP contribution in [0.15, 0.2) is 61.3 Å². The molecule has 13 nitrogen and oxygen atoms in total. The van der Waals surface area contributed by atoms with Gasteiger partial charge in [0.2, 0.25) is 5.69 Å². The molecule has 314 valence electrons. The highest BCUT2D eigenvalue weighted by Gasteiger charge is 2.29. The van der Waals surface area contributed by atoms with Crippen molar-refractivity contribution in [1.82, 2.24) is 48.9 Å². The van der Waals surface area contributed by atoms with Gasteiger partial charge >= 0.3 is 0 Å². The molecular formula is C45H50FN13S2. The summed E-state index contributed by atoms with van der Waals surface area (Å²) in [5, 5.41) is 7.01. The minimum atomic E-state index is -0.328. The Morgan fingerprint density at radius 3 is 1.89 bits per heavy atom. The summed E-state index contributed by atoms with van der Waals surface area (Å²) in [6.07, 6.45) is 14.0. The number of pyridine rings is 3. The van der Waals surface area contributed by atoms with Crippen LogP contribution >= 0.6 is 22.7 Å². The number of likely N-dealkylation sites (tertiary alicyclic amines) is 2. The highest BCUT2D eigenvalue weighted by atomic mass is 32.1. The molecular weight excluding hydrogens is 806 g/mol. The van der Waals surface area contributed by atoms with Crippen LogP contribution in [0, 0.1) is 19.3 Å². The Labute approximate surface area is 362 Å². The zero-order valence-electron chi connectivity index (χ0n) is 35.8. The Bertz CT molecular complexity index is 2940. The lowest BCUT2D eigenvalue weighted by molar-refractivity contribution is 0.181. The van der Waals surface area contributed by atoms with Gasteiger partial charge in [-0.1, -0.05) is 22.7 Å². The Kier molecular flexibility index (Phi) is 10.9. The first-order valence-corrected chi connectivity index (χ1v) is 22.3. The van der Waals surface area contributed by atoms with E-state index in [1.807, 2.05) is 54.3 Å². The van der Waals surface area contributed by atoms with Gasteiger partial charge in [-0.3, -0.25) is 14.6 Å². The van der Waals surface area contributed by atoms with Crippen molar-refractivity contribution in [3.05, 3.63) is 84.2 Å². The first kappa shape index (κ1) is 40.8. The molecule has 61 heavy (non-hydrogen) atoms. The number of aromatic nitrogens is 8. The van der Waals surface area contributed by atoms with Gasteiger partial charge in [-0.15, -0.1) is 0 Å². The van der Waals surface area contributed by atoms with Gasteiger partial charge < -0.3 is 24.0 Å². The Balaban J connectivity index is 0.000000156. The number of hydrogen-bond acceptors (Lipinski definition) is 12. The van der Waals surface area contributed by atoms with Crippen molar-refractivity contribution >= 4 is 75.6 Å². The maximum Gasteiger partial charge on any atom is 0.229 e. The van der Waals surface area contributed by atoms with Crippen molar-refractivity contribution < 1.29 is 4.39 Å². The number of benzene rings is 1. The van der Waals surface area contributed by atoms with Crippen LogP contribution in [0.4, 0.5) is 20.3 Å². The fourth-order valence-corrected chi connectivity index (χ4v) is 10.6. The van der Waals surface area contributed by atoms with Crippen LogP contribution in [-0.4, -0.2) is 114 Å². The maximum atomic E-state index is 14.5. The summed E-state index contributed by atoms with van der Waals surface area (Å²) in [5.41, 5.74) is 7.55. The van der Waals surface area contributed by atoms with Crippen LogP contribution in [0.5, 0.6) is 0 Å². The van der Waals surface area contributed by atoms with E-state index < -0.39 is 0 Å². The van der Waals surface area contributed by atoms with Gasteiger partial charge in [-0.05, 0) is 90.9 Å². The molecule has 7 aromatic heterocycles. The predicted octanol–water partition coefficient (Wildman–Crippen LogP) is 9.09. The topological polar surface area (TPSA) is 104 Å². The predicted molar refractivity (Wildman–Crippen MR) is 247 cm³/mol. The van der Waals surface area contributed by atoms with Gasteiger partial charge in [0.25, 0.3) is 0 Å². The average Bonchev–Trinajstić information content (AvgIpc) is 4.05. The van der Waals surface area contributed by atoms with E-state index in [2.05, 4.69) is 92.6 Å². The van der Waals surface area contributed by atoms with E-state index in [0.29, 0.717) is 41.0 Å². The lowest BCUT2D eigenvalue weighted by Crippen LogP contribution is -2.46. The maximum absolute atomic E-state index is 14.5. The molecule has 0 radical (unpaired) electrons. The molecule has 0 amide bonds. The van der Waals surface area contributed by atoms with Crippen LogP contribution in [-0.2, 0) is 7.05 Å². The molecule has 10 rings (SSSR count). The second kappa shape index (κ2) is 16.4. The van der Waals surface area contributed by atoms with E-state index in [0.717, 1.165) is 103 Å². The van der Waals surface area contributed by atoms with Crippen LogP contribution in [0.3, 0.4) is 0 Å². The number of aryl methyl sites for hydroxylation is 2. The van der Waals surface area contributed by atoms with E-state index in [1.54, 1.807) is 40.6 Å². The monoisotopic (exact) mass is 855 g/mol. The number of hydrogen-bond donors (Lipinski definition) is 0. The van der Waals surface area contributed by atoms with Gasteiger partial charge in [0.15, 0.2) is 16.1 Å². The Morgan fingerprint density at radius 2 is 1.33 bits per heavy atom. The number of anilines is 2. The second-order valence-electron chi connectivity index (χ2n) is 16.8. The normalized spacial score (nSPS) is 20.0. The van der Waals surface area contributed by atoms with E-state index >= 15 is 0 Å². The van der Waals surface area contributed by atoms with E-state index in [-0.39, 0.29) is 5.82 Å². The molecule has 0 aliphatic carbocycles. The van der Waals surface area contributed by atoms with Gasteiger partial charge in [0, 0.05) is 93.5 Å². The van der Waals surface area contributed by atoms with Crippen molar-refractivity contribution in [2.75, 3.05) is 51.1 Å². The first-order chi connectivity index (χ1) is 29.3. The minimum absolute atomic E-state index is 0.328. The summed E-state index contributed by atoms with van der Waals surface area (Å²) >= 11 is 3.38. The average molecular weight is 856 g/mol. The smallest absolute Gasteiger partial charge is 0.229 e. The van der Waals surface area contributed by atoms with Crippen LogP contribution in [0.25, 0.3) is 64.3 Å². The molecule has 0 N–H and O–H groups in total. The van der Waals surface area contributed by atoms with Gasteiger partial charge in [0.1, 0.15) is 22.2 Å². The molecule has 2 aliphatic heterocycles. The number of imidazole rings is 1. The summed E-state index contributed by atoms with van der Waals surface area (Å²) in [7, 11) is 10.5. The fraction of sp³-hybridized carbons (Fsp3) is 0.400. The quantitative estimate of drug-likeness (QED) is 0.151. The molecule has 16 heteroatoms. The zero-order chi connectivity index (χ0) is 42.7. The molecule has 0 spiro atoms.